The van der Waals surface area contributed by atoms with Crippen molar-refractivity contribution in [1.29, 1.82) is 0 Å². The Morgan fingerprint density at radius 3 is 2.65 bits per heavy atom. The first-order chi connectivity index (χ1) is 8.00. The first-order valence-electron chi connectivity index (χ1n) is 4.70. The average molecular weight is 300 g/mol. The maximum absolute atomic E-state index is 13.4. The molecule has 0 bridgehead atoms. The predicted octanol–water partition coefficient (Wildman–Crippen LogP) is 1.99. The van der Waals surface area contributed by atoms with Crippen molar-refractivity contribution in [2.45, 2.75) is 6.54 Å². The first-order valence-corrected chi connectivity index (χ1v) is 5.49. The van der Waals surface area contributed by atoms with Gasteiger partial charge in [-0.25, -0.2) is 4.39 Å². The minimum atomic E-state index is -1.16. The highest BCUT2D eigenvalue weighted by Gasteiger charge is 2.12. The van der Waals surface area contributed by atoms with Crippen LogP contribution in [0.5, 0.6) is 0 Å². The number of rotatable bonds is 2. The number of carboxylic acids is 1. The minimum Gasteiger partial charge on any atom is -0.480 e. The highest BCUT2D eigenvalue weighted by atomic mass is 79.9. The number of fused-ring (bicyclic) bond motifs is 1. The van der Waals surface area contributed by atoms with Gasteiger partial charge in [0.2, 0.25) is 0 Å². The third-order valence-electron chi connectivity index (χ3n) is 2.34. The fourth-order valence-electron chi connectivity index (χ4n) is 1.62. The van der Waals surface area contributed by atoms with Crippen molar-refractivity contribution in [2.75, 3.05) is 0 Å². The number of carboxylic acid groups (broad SMARTS) is 1. The van der Waals surface area contributed by atoms with Gasteiger partial charge in [0.05, 0.1) is 9.99 Å². The molecule has 0 aliphatic rings. The van der Waals surface area contributed by atoms with Crippen LogP contribution in [0.2, 0.25) is 0 Å². The maximum Gasteiger partial charge on any atom is 0.323 e. The molecule has 1 aromatic heterocycles. The van der Waals surface area contributed by atoms with Gasteiger partial charge in [-0.2, -0.15) is 0 Å². The molecule has 0 aliphatic heterocycles. The fraction of sp³-hybridized carbons (Fsp3) is 0.0909. The molecule has 6 heteroatoms. The second-order valence-corrected chi connectivity index (χ2v) is 4.24. The van der Waals surface area contributed by atoms with E-state index in [1.54, 1.807) is 0 Å². The number of aliphatic carboxylic acids is 1. The summed E-state index contributed by atoms with van der Waals surface area (Å²) < 4.78 is 14.5. The van der Waals surface area contributed by atoms with E-state index < -0.39 is 23.9 Å². The third-order valence-corrected chi connectivity index (χ3v) is 3.09. The van der Waals surface area contributed by atoms with Crippen LogP contribution in [0.1, 0.15) is 0 Å². The molecule has 0 saturated carbocycles. The Labute approximate surface area is 103 Å². The van der Waals surface area contributed by atoms with Crippen LogP contribution >= 0.6 is 15.9 Å². The molecule has 1 N–H and O–H groups in total. The van der Waals surface area contributed by atoms with Crippen LogP contribution < -0.4 is 5.56 Å². The van der Waals surface area contributed by atoms with Gasteiger partial charge >= 0.3 is 5.97 Å². The monoisotopic (exact) mass is 299 g/mol. The summed E-state index contributed by atoms with van der Waals surface area (Å²) in [4.78, 5) is 22.3. The van der Waals surface area contributed by atoms with Gasteiger partial charge in [-0.05, 0) is 39.5 Å². The van der Waals surface area contributed by atoms with Crippen LogP contribution in [0.15, 0.2) is 33.5 Å². The highest BCUT2D eigenvalue weighted by Crippen LogP contribution is 2.25. The Hall–Kier alpha value is -1.69. The van der Waals surface area contributed by atoms with Gasteiger partial charge in [0.25, 0.3) is 5.56 Å². The summed E-state index contributed by atoms with van der Waals surface area (Å²) in [6.45, 7) is -0.502. The predicted molar refractivity (Wildman–Crippen MR) is 63.5 cm³/mol. The van der Waals surface area contributed by atoms with E-state index in [2.05, 4.69) is 15.9 Å². The first kappa shape index (κ1) is 11.8. The van der Waals surface area contributed by atoms with Crippen LogP contribution in [0.4, 0.5) is 4.39 Å². The zero-order valence-corrected chi connectivity index (χ0v) is 10.1. The van der Waals surface area contributed by atoms with Gasteiger partial charge in [0, 0.05) is 6.07 Å². The lowest BCUT2D eigenvalue weighted by atomic mass is 10.2. The van der Waals surface area contributed by atoms with Crippen LogP contribution in [-0.2, 0) is 11.3 Å². The largest absolute Gasteiger partial charge is 0.480 e. The van der Waals surface area contributed by atoms with E-state index in [1.165, 1.54) is 24.3 Å². The van der Waals surface area contributed by atoms with E-state index in [9.17, 15) is 14.0 Å². The Morgan fingerprint density at radius 1 is 1.35 bits per heavy atom. The molecule has 2 rings (SSSR count). The Kier molecular flexibility index (Phi) is 2.97. The molecular weight excluding hydrogens is 293 g/mol. The minimum absolute atomic E-state index is 0.0916. The number of nitrogens with zero attached hydrogens (tertiary/aromatic N) is 1. The Morgan fingerprint density at radius 2 is 2.00 bits per heavy atom. The highest BCUT2D eigenvalue weighted by molar-refractivity contribution is 9.10. The van der Waals surface area contributed by atoms with Gasteiger partial charge in [-0.15, -0.1) is 0 Å². The Balaban J connectivity index is 2.87. The number of hydrogen-bond acceptors (Lipinski definition) is 2. The molecule has 2 aromatic rings. The molecule has 0 fully saturated rings. The molecule has 88 valence electrons. The van der Waals surface area contributed by atoms with Crippen molar-refractivity contribution in [1.82, 2.24) is 4.57 Å². The molecule has 0 spiro atoms. The molecule has 4 nitrogen and oxygen atoms in total. The topological polar surface area (TPSA) is 59.3 Å². The van der Waals surface area contributed by atoms with E-state index in [0.29, 0.717) is 5.39 Å². The molecule has 0 atom stereocenters. The summed E-state index contributed by atoms with van der Waals surface area (Å²) in [6.07, 6.45) is 0. The fourth-order valence-corrected chi connectivity index (χ4v) is 2.19. The van der Waals surface area contributed by atoms with E-state index in [4.69, 9.17) is 5.11 Å². The van der Waals surface area contributed by atoms with Crippen LogP contribution in [-0.4, -0.2) is 15.6 Å². The van der Waals surface area contributed by atoms with Crippen molar-refractivity contribution in [2.24, 2.45) is 0 Å². The van der Waals surface area contributed by atoms with Gasteiger partial charge in [-0.1, -0.05) is 0 Å². The molecule has 0 saturated heterocycles. The maximum atomic E-state index is 13.4. The quantitative estimate of drug-likeness (QED) is 0.922. The van der Waals surface area contributed by atoms with E-state index in [1.807, 2.05) is 0 Å². The van der Waals surface area contributed by atoms with E-state index in [0.717, 1.165) is 4.57 Å². The smallest absolute Gasteiger partial charge is 0.323 e. The van der Waals surface area contributed by atoms with E-state index in [-0.39, 0.29) is 9.99 Å². The molecule has 0 aliphatic carbocycles. The molecule has 1 heterocycles. The number of benzene rings is 1. The SMILES string of the molecule is O=C(O)Cn1c(=O)ccc2ccc(F)c(Br)c21. The molecule has 0 unspecified atom stereocenters. The zero-order chi connectivity index (χ0) is 12.6. The molecule has 0 amide bonds. The van der Waals surface area contributed by atoms with Gasteiger partial charge in [-0.3, -0.25) is 14.2 Å². The lowest BCUT2D eigenvalue weighted by molar-refractivity contribution is -0.137. The van der Waals surface area contributed by atoms with Crippen molar-refractivity contribution in [3.05, 3.63) is 44.9 Å². The van der Waals surface area contributed by atoms with Crippen LogP contribution in [0.25, 0.3) is 10.9 Å². The molecule has 17 heavy (non-hydrogen) atoms. The third kappa shape index (κ3) is 2.08. The van der Waals surface area contributed by atoms with Crippen molar-refractivity contribution in [3.8, 4) is 0 Å². The lowest BCUT2D eigenvalue weighted by Crippen LogP contribution is -2.23. The molecule has 0 radical (unpaired) electrons. The summed E-state index contributed by atoms with van der Waals surface area (Å²) >= 11 is 3.03. The van der Waals surface area contributed by atoms with Crippen LogP contribution in [0, 0.1) is 5.82 Å². The van der Waals surface area contributed by atoms with Crippen LogP contribution in [0.3, 0.4) is 0 Å². The number of halogens is 2. The van der Waals surface area contributed by atoms with Gasteiger partial charge in [0.15, 0.2) is 0 Å². The second kappa shape index (κ2) is 4.29. The Bertz CT molecular complexity index is 666. The number of carbonyl (C=O) groups is 1. The van der Waals surface area contributed by atoms with Crippen molar-refractivity contribution >= 4 is 32.8 Å². The van der Waals surface area contributed by atoms with E-state index >= 15 is 0 Å². The normalized spacial score (nSPS) is 10.7. The number of pyridine rings is 1. The second-order valence-electron chi connectivity index (χ2n) is 3.45. The summed E-state index contributed by atoms with van der Waals surface area (Å²) in [5.41, 5.74) is -0.230. The van der Waals surface area contributed by atoms with Crippen molar-refractivity contribution < 1.29 is 14.3 Å². The summed E-state index contributed by atoms with van der Waals surface area (Å²) in [5, 5.41) is 9.34. The number of hydrogen-bond donors (Lipinski definition) is 1. The lowest BCUT2D eigenvalue weighted by Gasteiger charge is -2.09. The summed E-state index contributed by atoms with van der Waals surface area (Å²) in [5.74, 6) is -1.70. The van der Waals surface area contributed by atoms with Gasteiger partial charge < -0.3 is 5.11 Å². The summed E-state index contributed by atoms with van der Waals surface area (Å²) in [6, 6.07) is 5.53. The zero-order valence-electron chi connectivity index (χ0n) is 8.48. The number of aromatic nitrogens is 1. The average Bonchev–Trinajstić information content (AvgIpc) is 2.27. The van der Waals surface area contributed by atoms with Crippen molar-refractivity contribution in [3.63, 3.8) is 0 Å². The molecular formula is C11H7BrFNO3. The van der Waals surface area contributed by atoms with Gasteiger partial charge in [0.1, 0.15) is 12.4 Å². The summed E-state index contributed by atoms with van der Waals surface area (Å²) in [7, 11) is 0. The standard InChI is InChI=1S/C11H7BrFNO3/c12-10-7(13)3-1-6-2-4-8(15)14(11(6)10)5-9(16)17/h1-4H,5H2,(H,16,17). The molecule has 1 aromatic carbocycles.